The first-order valence-electron chi connectivity index (χ1n) is 7.84. The first-order valence-corrected chi connectivity index (χ1v) is 7.84. The zero-order valence-electron chi connectivity index (χ0n) is 14.6. The number of nitrogens with zero attached hydrogens (tertiary/aromatic N) is 2. The summed E-state index contributed by atoms with van der Waals surface area (Å²) in [6.45, 7) is 5.70. The molecule has 0 spiro atoms. The van der Waals surface area contributed by atoms with Gasteiger partial charge in [0.25, 0.3) is 0 Å². The van der Waals surface area contributed by atoms with E-state index in [4.69, 9.17) is 23.7 Å². The van der Waals surface area contributed by atoms with Crippen molar-refractivity contribution in [2.45, 2.75) is 20.0 Å². The lowest BCUT2D eigenvalue weighted by molar-refractivity contribution is 0.132. The number of hydrogen-bond acceptors (Lipinski definition) is 7. The molecule has 1 heterocycles. The maximum Gasteiger partial charge on any atom is 0.224 e. The summed E-state index contributed by atoms with van der Waals surface area (Å²) in [5, 5.41) is 0.776. The maximum absolute atomic E-state index is 5.77. The molecular formula is C17H24N2O5. The first-order chi connectivity index (χ1) is 11.7. The summed E-state index contributed by atoms with van der Waals surface area (Å²) in [4.78, 5) is 8.51. The lowest BCUT2D eigenvalue weighted by atomic mass is 10.2. The first kappa shape index (κ1) is 18.2. The van der Waals surface area contributed by atoms with Gasteiger partial charge in [0.2, 0.25) is 5.88 Å². The van der Waals surface area contributed by atoms with Gasteiger partial charge in [-0.25, -0.2) is 9.97 Å². The van der Waals surface area contributed by atoms with Crippen LogP contribution in [-0.4, -0.2) is 56.7 Å². The Hall–Kier alpha value is -2.12. The molecule has 2 aromatic rings. The Morgan fingerprint density at radius 1 is 0.875 bits per heavy atom. The summed E-state index contributed by atoms with van der Waals surface area (Å²) >= 11 is 0. The third kappa shape index (κ3) is 4.94. The van der Waals surface area contributed by atoms with Gasteiger partial charge in [0.05, 0.1) is 30.2 Å². The molecular weight excluding hydrogens is 312 g/mol. The number of aromatic nitrogens is 2. The van der Waals surface area contributed by atoms with Gasteiger partial charge in [0, 0.05) is 20.3 Å². The topological polar surface area (TPSA) is 71.9 Å². The van der Waals surface area contributed by atoms with Crippen molar-refractivity contribution >= 4 is 10.9 Å². The van der Waals surface area contributed by atoms with Gasteiger partial charge >= 0.3 is 0 Å². The van der Waals surface area contributed by atoms with E-state index in [1.54, 1.807) is 14.2 Å². The summed E-state index contributed by atoms with van der Waals surface area (Å²) in [5.74, 6) is 1.72. The molecule has 0 saturated carbocycles. The lowest BCUT2D eigenvalue weighted by Gasteiger charge is -2.15. The van der Waals surface area contributed by atoms with Crippen LogP contribution in [0.25, 0.3) is 10.9 Å². The highest BCUT2D eigenvalue weighted by Gasteiger charge is 2.14. The van der Waals surface area contributed by atoms with Gasteiger partial charge in [-0.15, -0.1) is 0 Å². The van der Waals surface area contributed by atoms with Crippen molar-refractivity contribution in [3.63, 3.8) is 0 Å². The maximum atomic E-state index is 5.77. The Kier molecular flexibility index (Phi) is 7.02. The fourth-order valence-corrected chi connectivity index (χ4v) is 2.05. The number of ether oxygens (including phenoxy) is 5. The van der Waals surface area contributed by atoms with Crippen LogP contribution in [0.15, 0.2) is 18.5 Å². The molecule has 0 fully saturated rings. The minimum absolute atomic E-state index is 0.0126. The van der Waals surface area contributed by atoms with Crippen LogP contribution in [0.4, 0.5) is 0 Å². The third-order valence-corrected chi connectivity index (χ3v) is 3.10. The van der Waals surface area contributed by atoms with Gasteiger partial charge < -0.3 is 23.7 Å². The van der Waals surface area contributed by atoms with Gasteiger partial charge in [-0.3, -0.25) is 0 Å². The second kappa shape index (κ2) is 9.24. The number of hydrogen-bond donors (Lipinski definition) is 0. The van der Waals surface area contributed by atoms with Crippen LogP contribution in [0.1, 0.15) is 13.8 Å². The van der Waals surface area contributed by atoms with E-state index in [2.05, 4.69) is 9.97 Å². The van der Waals surface area contributed by atoms with Crippen molar-refractivity contribution in [2.24, 2.45) is 0 Å². The Balaban J connectivity index is 2.36. The molecule has 0 aliphatic rings. The van der Waals surface area contributed by atoms with Gasteiger partial charge in [-0.2, -0.15) is 0 Å². The summed E-state index contributed by atoms with van der Waals surface area (Å²) in [6.07, 6.45) is 1.49. The van der Waals surface area contributed by atoms with Gasteiger partial charge in [-0.1, -0.05) is 0 Å². The smallest absolute Gasteiger partial charge is 0.224 e. The van der Waals surface area contributed by atoms with Crippen LogP contribution < -0.4 is 14.2 Å². The van der Waals surface area contributed by atoms with Gasteiger partial charge in [-0.05, 0) is 19.9 Å². The zero-order chi connectivity index (χ0) is 17.4. The third-order valence-electron chi connectivity index (χ3n) is 3.10. The lowest BCUT2D eigenvalue weighted by Crippen LogP contribution is -2.10. The SMILES string of the molecule is COCCOc1cc2ncnc(OC(C)C)c2cc1OCCOC. The fraction of sp³-hybridized carbons (Fsp3) is 0.529. The average Bonchev–Trinajstić information content (AvgIpc) is 2.55. The van der Waals surface area contributed by atoms with E-state index in [0.29, 0.717) is 43.8 Å². The minimum Gasteiger partial charge on any atom is -0.487 e. The van der Waals surface area contributed by atoms with Crippen molar-refractivity contribution in [1.29, 1.82) is 0 Å². The van der Waals surface area contributed by atoms with Crippen molar-refractivity contribution in [3.8, 4) is 17.4 Å². The second-order valence-electron chi connectivity index (χ2n) is 5.34. The van der Waals surface area contributed by atoms with Crippen molar-refractivity contribution in [1.82, 2.24) is 9.97 Å². The average molecular weight is 336 g/mol. The number of fused-ring (bicyclic) bond motifs is 1. The predicted octanol–water partition coefficient (Wildman–Crippen LogP) is 2.47. The van der Waals surface area contributed by atoms with Crippen LogP contribution in [0.3, 0.4) is 0 Å². The molecule has 0 saturated heterocycles. The normalized spacial score (nSPS) is 11.0. The van der Waals surface area contributed by atoms with Crippen LogP contribution in [0, 0.1) is 0 Å². The van der Waals surface area contributed by atoms with Crippen molar-refractivity contribution < 1.29 is 23.7 Å². The molecule has 0 aliphatic heterocycles. The molecule has 1 aromatic heterocycles. The number of benzene rings is 1. The molecule has 7 nitrogen and oxygen atoms in total. The van der Waals surface area contributed by atoms with Crippen molar-refractivity contribution in [3.05, 3.63) is 18.5 Å². The van der Waals surface area contributed by atoms with E-state index in [1.165, 1.54) is 6.33 Å². The standard InChI is InChI=1S/C17H24N2O5/c1-12(2)24-17-13-9-15(22-7-5-20-3)16(23-8-6-21-4)10-14(13)18-11-19-17/h9-12H,5-8H2,1-4H3. The number of methoxy groups -OCH3 is 2. The van der Waals surface area contributed by atoms with Gasteiger partial charge in [0.15, 0.2) is 11.5 Å². The van der Waals surface area contributed by atoms with Crippen molar-refractivity contribution in [2.75, 3.05) is 40.6 Å². The monoisotopic (exact) mass is 336 g/mol. The Morgan fingerprint density at radius 3 is 2.08 bits per heavy atom. The largest absolute Gasteiger partial charge is 0.487 e. The molecule has 2 rings (SSSR count). The Morgan fingerprint density at radius 2 is 1.50 bits per heavy atom. The molecule has 0 bridgehead atoms. The summed E-state index contributed by atoms with van der Waals surface area (Å²) in [6, 6.07) is 3.66. The second-order valence-corrected chi connectivity index (χ2v) is 5.34. The molecule has 24 heavy (non-hydrogen) atoms. The molecule has 132 valence electrons. The highest BCUT2D eigenvalue weighted by atomic mass is 16.5. The molecule has 0 N–H and O–H groups in total. The Labute approximate surface area is 141 Å². The van der Waals surface area contributed by atoms with Crippen LogP contribution >= 0.6 is 0 Å². The highest BCUT2D eigenvalue weighted by molar-refractivity contribution is 5.86. The molecule has 7 heteroatoms. The van der Waals surface area contributed by atoms with E-state index >= 15 is 0 Å². The van der Waals surface area contributed by atoms with Crippen LogP contribution in [-0.2, 0) is 9.47 Å². The number of rotatable bonds is 10. The summed E-state index contributed by atoms with van der Waals surface area (Å²) in [5.41, 5.74) is 0.729. The Bertz CT molecular complexity index is 648. The molecule has 1 aromatic carbocycles. The molecule has 0 unspecified atom stereocenters. The predicted molar refractivity (Wildman–Crippen MR) is 90.0 cm³/mol. The van der Waals surface area contributed by atoms with Gasteiger partial charge in [0.1, 0.15) is 19.5 Å². The molecule has 0 aliphatic carbocycles. The quantitative estimate of drug-likeness (QED) is 0.617. The molecule has 0 amide bonds. The summed E-state index contributed by atoms with van der Waals surface area (Å²) < 4.78 is 27.3. The van der Waals surface area contributed by atoms with E-state index in [1.807, 2.05) is 26.0 Å². The minimum atomic E-state index is 0.0126. The molecule has 0 atom stereocenters. The van der Waals surface area contributed by atoms with E-state index in [9.17, 15) is 0 Å². The van der Waals surface area contributed by atoms with E-state index < -0.39 is 0 Å². The molecule has 0 radical (unpaired) electrons. The fourth-order valence-electron chi connectivity index (χ4n) is 2.05. The van der Waals surface area contributed by atoms with E-state index in [-0.39, 0.29) is 6.10 Å². The zero-order valence-corrected chi connectivity index (χ0v) is 14.6. The van der Waals surface area contributed by atoms with Crippen LogP contribution in [0.2, 0.25) is 0 Å². The summed E-state index contributed by atoms with van der Waals surface area (Å²) in [7, 11) is 3.25. The van der Waals surface area contributed by atoms with Crippen LogP contribution in [0.5, 0.6) is 17.4 Å². The van der Waals surface area contributed by atoms with E-state index in [0.717, 1.165) is 10.9 Å². The highest BCUT2D eigenvalue weighted by Crippen LogP contribution is 2.35.